The van der Waals surface area contributed by atoms with Crippen molar-refractivity contribution in [3.05, 3.63) is 65.9 Å². The maximum Gasteiger partial charge on any atom is 0.326 e. The average molecular weight is 436 g/mol. The van der Waals surface area contributed by atoms with Crippen LogP contribution in [0.3, 0.4) is 0 Å². The molecule has 2 aromatic heterocycles. The van der Waals surface area contributed by atoms with Crippen LogP contribution in [-0.2, 0) is 16.0 Å². The predicted octanol–water partition coefficient (Wildman–Crippen LogP) is 2.36. The fourth-order valence-corrected chi connectivity index (χ4v) is 3.98. The van der Waals surface area contributed by atoms with Crippen molar-refractivity contribution in [2.45, 2.75) is 24.5 Å². The summed E-state index contributed by atoms with van der Waals surface area (Å²) in [5.41, 5.74) is 3.60. The molecule has 0 aliphatic rings. The van der Waals surface area contributed by atoms with E-state index in [0.29, 0.717) is 5.16 Å². The highest BCUT2D eigenvalue weighted by Crippen LogP contribution is 2.20. The van der Waals surface area contributed by atoms with E-state index in [9.17, 15) is 14.7 Å². The third kappa shape index (κ3) is 4.75. The van der Waals surface area contributed by atoms with Crippen LogP contribution in [0.4, 0.5) is 0 Å². The lowest BCUT2D eigenvalue weighted by molar-refractivity contribution is -0.141. The number of hydrogen-bond donors (Lipinski definition) is 3. The number of benzene rings is 2. The van der Waals surface area contributed by atoms with E-state index in [1.807, 2.05) is 55.5 Å². The van der Waals surface area contributed by atoms with Gasteiger partial charge in [0.25, 0.3) is 0 Å². The number of amides is 1. The maximum atomic E-state index is 12.5. The Morgan fingerprint density at radius 1 is 1.23 bits per heavy atom. The molecule has 0 saturated heterocycles. The van der Waals surface area contributed by atoms with Crippen molar-refractivity contribution in [1.29, 1.82) is 0 Å². The van der Waals surface area contributed by atoms with Crippen LogP contribution in [0.2, 0.25) is 0 Å². The fraction of sp³-hybridized carbons (Fsp3) is 0.190. The molecule has 0 fully saturated rings. The van der Waals surface area contributed by atoms with Crippen molar-refractivity contribution in [1.82, 2.24) is 30.5 Å². The molecule has 0 radical (unpaired) electrons. The molecular weight excluding hydrogens is 416 g/mol. The van der Waals surface area contributed by atoms with E-state index in [2.05, 4.69) is 25.8 Å². The molecule has 0 aliphatic heterocycles. The zero-order valence-electron chi connectivity index (χ0n) is 16.6. The van der Waals surface area contributed by atoms with Crippen LogP contribution >= 0.6 is 11.8 Å². The lowest BCUT2D eigenvalue weighted by Crippen LogP contribution is -2.43. The van der Waals surface area contributed by atoms with E-state index in [-0.39, 0.29) is 12.2 Å². The standard InChI is InChI=1S/C21H20N6O3S/c1-13-5-4-6-15(9-13)27-21(24-25-26-27)31-12-19(28)23-18(20(29)30)10-14-11-22-17-8-3-2-7-16(14)17/h2-9,11,18,22H,10,12H2,1H3,(H,23,28)(H,29,30)/t18-/m1/s1. The third-order valence-electron chi connectivity index (χ3n) is 4.75. The summed E-state index contributed by atoms with van der Waals surface area (Å²) in [6.07, 6.45) is 1.95. The van der Waals surface area contributed by atoms with Gasteiger partial charge in [-0.15, -0.1) is 5.10 Å². The van der Waals surface area contributed by atoms with Crippen molar-refractivity contribution in [3.63, 3.8) is 0 Å². The minimum atomic E-state index is -1.09. The minimum Gasteiger partial charge on any atom is -0.480 e. The molecule has 0 spiro atoms. The van der Waals surface area contributed by atoms with Gasteiger partial charge < -0.3 is 15.4 Å². The number of nitrogens with zero attached hydrogens (tertiary/aromatic N) is 4. The number of nitrogens with one attached hydrogen (secondary N) is 2. The topological polar surface area (TPSA) is 126 Å². The first-order valence-corrected chi connectivity index (χ1v) is 10.5. The summed E-state index contributed by atoms with van der Waals surface area (Å²) < 4.78 is 1.55. The van der Waals surface area contributed by atoms with E-state index in [4.69, 9.17) is 0 Å². The van der Waals surface area contributed by atoms with Crippen molar-refractivity contribution in [2.24, 2.45) is 0 Å². The second-order valence-electron chi connectivity index (χ2n) is 7.02. The number of aryl methyl sites for hydroxylation is 1. The summed E-state index contributed by atoms with van der Waals surface area (Å²) in [6.45, 7) is 1.97. The first-order valence-electron chi connectivity index (χ1n) is 9.56. The van der Waals surface area contributed by atoms with Crippen molar-refractivity contribution in [2.75, 3.05) is 5.75 Å². The Hall–Kier alpha value is -3.66. The fourth-order valence-electron chi connectivity index (χ4n) is 3.28. The van der Waals surface area contributed by atoms with Crippen molar-refractivity contribution >= 4 is 34.5 Å². The van der Waals surface area contributed by atoms with Crippen LogP contribution < -0.4 is 5.32 Å². The highest BCUT2D eigenvalue weighted by molar-refractivity contribution is 7.99. The van der Waals surface area contributed by atoms with Gasteiger partial charge >= 0.3 is 5.97 Å². The molecule has 4 aromatic rings. The van der Waals surface area contributed by atoms with Crippen LogP contribution in [0.1, 0.15) is 11.1 Å². The summed E-state index contributed by atoms with van der Waals surface area (Å²) in [5, 5.41) is 25.2. The number of aromatic nitrogens is 5. The molecule has 3 N–H and O–H groups in total. The van der Waals surface area contributed by atoms with Gasteiger partial charge in [-0.3, -0.25) is 4.79 Å². The number of carbonyl (C=O) groups is 2. The Morgan fingerprint density at radius 3 is 2.87 bits per heavy atom. The van der Waals surface area contributed by atoms with Crippen molar-refractivity contribution in [3.8, 4) is 5.69 Å². The number of aliphatic carboxylic acids is 1. The van der Waals surface area contributed by atoms with E-state index in [1.54, 1.807) is 10.9 Å². The Labute approximate surface area is 181 Å². The quantitative estimate of drug-likeness (QED) is 0.362. The van der Waals surface area contributed by atoms with E-state index < -0.39 is 17.9 Å². The molecule has 2 heterocycles. The van der Waals surface area contributed by atoms with Gasteiger partial charge in [-0.1, -0.05) is 42.1 Å². The first kappa shape index (κ1) is 20.6. The number of rotatable bonds is 8. The van der Waals surface area contributed by atoms with Gasteiger partial charge in [0.05, 0.1) is 11.4 Å². The largest absolute Gasteiger partial charge is 0.480 e. The molecule has 0 aliphatic carbocycles. The summed E-state index contributed by atoms with van der Waals surface area (Å²) in [5.74, 6) is -1.51. The van der Waals surface area contributed by atoms with Crippen molar-refractivity contribution < 1.29 is 14.7 Å². The van der Waals surface area contributed by atoms with Crippen LogP contribution in [0.15, 0.2) is 59.9 Å². The number of aromatic amines is 1. The van der Waals surface area contributed by atoms with Gasteiger partial charge in [0.15, 0.2) is 0 Å². The molecule has 31 heavy (non-hydrogen) atoms. The lowest BCUT2D eigenvalue weighted by Gasteiger charge is -2.14. The van der Waals surface area contributed by atoms with Crippen LogP contribution in [0.5, 0.6) is 0 Å². The molecule has 0 unspecified atom stereocenters. The number of carboxylic acid groups (broad SMARTS) is 1. The highest BCUT2D eigenvalue weighted by Gasteiger charge is 2.22. The third-order valence-corrected chi connectivity index (χ3v) is 5.67. The number of thioether (sulfide) groups is 1. The second kappa shape index (κ2) is 9.00. The Morgan fingerprint density at radius 2 is 2.06 bits per heavy atom. The Kier molecular flexibility index (Phi) is 5.99. The highest BCUT2D eigenvalue weighted by atomic mass is 32.2. The molecule has 1 atom stereocenters. The summed E-state index contributed by atoms with van der Waals surface area (Å²) in [4.78, 5) is 27.3. The summed E-state index contributed by atoms with van der Waals surface area (Å²) in [7, 11) is 0. The molecule has 0 saturated carbocycles. The number of H-pyrrole nitrogens is 1. The molecule has 158 valence electrons. The smallest absolute Gasteiger partial charge is 0.326 e. The number of carbonyl (C=O) groups excluding carboxylic acids is 1. The number of fused-ring (bicyclic) bond motifs is 1. The number of para-hydroxylation sites is 1. The lowest BCUT2D eigenvalue weighted by atomic mass is 10.1. The number of tetrazole rings is 1. The predicted molar refractivity (Wildman–Crippen MR) is 116 cm³/mol. The van der Waals surface area contributed by atoms with E-state index in [1.165, 1.54) is 0 Å². The summed E-state index contributed by atoms with van der Waals surface area (Å²) >= 11 is 1.14. The SMILES string of the molecule is Cc1cccc(-n2nnnc2SCC(=O)N[C@H](Cc2c[nH]c3ccccc23)C(=O)O)c1. The molecule has 4 rings (SSSR count). The zero-order valence-corrected chi connectivity index (χ0v) is 17.5. The number of carboxylic acids is 1. The Bertz CT molecular complexity index is 1230. The van der Waals surface area contributed by atoms with E-state index >= 15 is 0 Å². The van der Waals surface area contributed by atoms with E-state index in [0.717, 1.165) is 39.5 Å². The Balaban J connectivity index is 1.41. The average Bonchev–Trinajstić information content (AvgIpc) is 3.39. The van der Waals surface area contributed by atoms with Gasteiger partial charge in [-0.25, -0.2) is 4.79 Å². The summed E-state index contributed by atoms with van der Waals surface area (Å²) in [6, 6.07) is 14.3. The first-order chi connectivity index (χ1) is 15.0. The maximum absolute atomic E-state index is 12.5. The van der Waals surface area contributed by atoms with Gasteiger partial charge in [0.2, 0.25) is 11.1 Å². The van der Waals surface area contributed by atoms with Crippen LogP contribution in [0, 0.1) is 6.92 Å². The molecule has 2 aromatic carbocycles. The zero-order chi connectivity index (χ0) is 21.8. The monoisotopic (exact) mass is 436 g/mol. The molecule has 10 heteroatoms. The second-order valence-corrected chi connectivity index (χ2v) is 7.97. The number of hydrogen-bond acceptors (Lipinski definition) is 6. The normalized spacial score (nSPS) is 12.0. The molecule has 9 nitrogen and oxygen atoms in total. The van der Waals surface area contributed by atoms with Gasteiger partial charge in [0.1, 0.15) is 6.04 Å². The van der Waals surface area contributed by atoms with Crippen LogP contribution in [0.25, 0.3) is 16.6 Å². The minimum absolute atomic E-state index is 0.0101. The van der Waals surface area contributed by atoms with Gasteiger partial charge in [-0.2, -0.15) is 4.68 Å². The van der Waals surface area contributed by atoms with Crippen LogP contribution in [-0.4, -0.2) is 54.0 Å². The van der Waals surface area contributed by atoms with Gasteiger partial charge in [0, 0.05) is 23.5 Å². The molecular formula is C21H20N6O3S. The molecule has 0 bridgehead atoms. The molecule has 1 amide bonds. The van der Waals surface area contributed by atoms with Gasteiger partial charge in [-0.05, 0) is 46.7 Å².